The molecule has 1 aromatic carbocycles. The van der Waals surface area contributed by atoms with Crippen LogP contribution in [0, 0.1) is 13.8 Å². The number of cyclic esters (lactones) is 1. The van der Waals surface area contributed by atoms with Gasteiger partial charge in [-0.1, -0.05) is 12.1 Å². The quantitative estimate of drug-likeness (QED) is 0.899. The summed E-state index contributed by atoms with van der Waals surface area (Å²) in [5, 5.41) is 7.70. The van der Waals surface area contributed by atoms with E-state index in [4.69, 9.17) is 4.74 Å². The topological polar surface area (TPSA) is 76.5 Å². The highest BCUT2D eigenvalue weighted by molar-refractivity contribution is 5.83. The van der Waals surface area contributed by atoms with E-state index in [1.165, 1.54) is 16.0 Å². The van der Waals surface area contributed by atoms with E-state index in [0.717, 1.165) is 36.2 Å². The van der Waals surface area contributed by atoms with Crippen molar-refractivity contribution in [2.24, 2.45) is 0 Å². The number of fused-ring (bicyclic) bond motifs is 1. The SMILES string of the molecule is Cc1cccc(-n2ncc3c2CCC[C@@H]3NC(=O)CN2CCOC2=O)c1C. The summed E-state index contributed by atoms with van der Waals surface area (Å²) in [6.07, 6.45) is 4.25. The van der Waals surface area contributed by atoms with Gasteiger partial charge >= 0.3 is 6.09 Å². The number of benzene rings is 1. The fourth-order valence-corrected chi connectivity index (χ4v) is 3.86. The van der Waals surface area contributed by atoms with Crippen molar-refractivity contribution >= 4 is 12.0 Å². The van der Waals surface area contributed by atoms with Crippen molar-refractivity contribution in [3.8, 4) is 5.69 Å². The Morgan fingerprint density at radius 2 is 2.22 bits per heavy atom. The van der Waals surface area contributed by atoms with Crippen molar-refractivity contribution in [2.45, 2.75) is 39.2 Å². The minimum absolute atomic E-state index is 0.0375. The fourth-order valence-electron chi connectivity index (χ4n) is 3.86. The molecule has 0 radical (unpaired) electrons. The van der Waals surface area contributed by atoms with Gasteiger partial charge in [0, 0.05) is 11.3 Å². The number of hydrogen-bond acceptors (Lipinski definition) is 4. The number of ether oxygens (including phenoxy) is 1. The molecule has 0 unspecified atom stereocenters. The molecule has 1 aliphatic carbocycles. The second-order valence-corrected chi connectivity index (χ2v) is 7.23. The highest BCUT2D eigenvalue weighted by Gasteiger charge is 2.29. The molecule has 1 saturated heterocycles. The highest BCUT2D eigenvalue weighted by Crippen LogP contribution is 2.32. The summed E-state index contributed by atoms with van der Waals surface area (Å²) in [6, 6.07) is 6.15. The zero-order valence-corrected chi connectivity index (χ0v) is 15.7. The highest BCUT2D eigenvalue weighted by atomic mass is 16.6. The average molecular weight is 368 g/mol. The molecule has 142 valence electrons. The number of carbonyl (C=O) groups excluding carboxylic acids is 2. The van der Waals surface area contributed by atoms with Crippen LogP contribution in [0.4, 0.5) is 4.79 Å². The first-order valence-electron chi connectivity index (χ1n) is 9.39. The maximum Gasteiger partial charge on any atom is 0.410 e. The first-order valence-corrected chi connectivity index (χ1v) is 9.39. The summed E-state index contributed by atoms with van der Waals surface area (Å²) >= 11 is 0. The van der Waals surface area contributed by atoms with Gasteiger partial charge in [0.2, 0.25) is 5.91 Å². The molecule has 27 heavy (non-hydrogen) atoms. The van der Waals surface area contributed by atoms with E-state index in [-0.39, 0.29) is 18.5 Å². The summed E-state index contributed by atoms with van der Waals surface area (Å²) in [6.45, 7) is 5.06. The minimum Gasteiger partial charge on any atom is -0.448 e. The third kappa shape index (κ3) is 3.29. The molecule has 2 heterocycles. The molecule has 1 fully saturated rings. The van der Waals surface area contributed by atoms with Crippen LogP contribution in [0.5, 0.6) is 0 Å². The van der Waals surface area contributed by atoms with Crippen molar-refractivity contribution < 1.29 is 14.3 Å². The van der Waals surface area contributed by atoms with Crippen molar-refractivity contribution in [3.63, 3.8) is 0 Å². The van der Waals surface area contributed by atoms with Crippen molar-refractivity contribution in [1.82, 2.24) is 20.0 Å². The molecule has 1 aliphatic heterocycles. The van der Waals surface area contributed by atoms with Gasteiger partial charge < -0.3 is 10.1 Å². The lowest BCUT2D eigenvalue weighted by atomic mass is 9.92. The molecule has 0 bridgehead atoms. The summed E-state index contributed by atoms with van der Waals surface area (Å²) in [4.78, 5) is 25.4. The van der Waals surface area contributed by atoms with Gasteiger partial charge in [-0.15, -0.1) is 0 Å². The Hall–Kier alpha value is -2.83. The Kier molecular flexibility index (Phi) is 4.59. The molecule has 1 atom stereocenters. The van der Waals surface area contributed by atoms with E-state index >= 15 is 0 Å². The number of carbonyl (C=O) groups is 2. The molecule has 2 aliphatic rings. The lowest BCUT2D eigenvalue weighted by molar-refractivity contribution is -0.122. The first kappa shape index (κ1) is 17.6. The number of nitrogens with zero attached hydrogens (tertiary/aromatic N) is 3. The van der Waals surface area contributed by atoms with Gasteiger partial charge in [0.05, 0.1) is 24.5 Å². The van der Waals surface area contributed by atoms with E-state index in [2.05, 4.69) is 36.4 Å². The van der Waals surface area contributed by atoms with Crippen LogP contribution in [-0.4, -0.2) is 46.4 Å². The van der Waals surface area contributed by atoms with Gasteiger partial charge in [-0.25, -0.2) is 9.48 Å². The average Bonchev–Trinajstić information content (AvgIpc) is 3.25. The van der Waals surface area contributed by atoms with Crippen molar-refractivity contribution in [2.75, 3.05) is 19.7 Å². The molecule has 0 saturated carbocycles. The standard InChI is InChI=1S/C20H24N4O3/c1-13-5-3-7-17(14(13)2)24-18-8-4-6-16(15(18)11-21-24)22-19(25)12-23-9-10-27-20(23)26/h3,5,7,11,16H,4,6,8-10,12H2,1-2H3,(H,22,25)/t16-/m0/s1. The monoisotopic (exact) mass is 368 g/mol. The largest absolute Gasteiger partial charge is 0.448 e. The number of aromatic nitrogens is 2. The Bertz CT molecular complexity index is 889. The van der Waals surface area contributed by atoms with E-state index in [1.807, 2.05) is 16.9 Å². The number of amides is 2. The van der Waals surface area contributed by atoms with Gasteiger partial charge in [-0.3, -0.25) is 9.69 Å². The third-order valence-electron chi connectivity index (χ3n) is 5.50. The van der Waals surface area contributed by atoms with E-state index in [0.29, 0.717) is 13.2 Å². The summed E-state index contributed by atoms with van der Waals surface area (Å²) in [7, 11) is 0. The van der Waals surface area contributed by atoms with Gasteiger partial charge in [0.25, 0.3) is 0 Å². The minimum atomic E-state index is -0.419. The Balaban J connectivity index is 1.54. The molecule has 4 rings (SSSR count). The van der Waals surface area contributed by atoms with E-state index < -0.39 is 6.09 Å². The van der Waals surface area contributed by atoms with Crippen molar-refractivity contribution in [3.05, 3.63) is 46.8 Å². The van der Waals surface area contributed by atoms with Crippen LogP contribution in [0.15, 0.2) is 24.4 Å². The van der Waals surface area contributed by atoms with E-state index in [1.54, 1.807) is 0 Å². The van der Waals surface area contributed by atoms with Crippen LogP contribution in [0.2, 0.25) is 0 Å². The lowest BCUT2D eigenvalue weighted by Crippen LogP contribution is -2.40. The summed E-state index contributed by atoms with van der Waals surface area (Å²) < 4.78 is 6.89. The molecule has 1 N–H and O–H groups in total. The molecular weight excluding hydrogens is 344 g/mol. The maximum absolute atomic E-state index is 12.4. The zero-order chi connectivity index (χ0) is 19.0. The van der Waals surface area contributed by atoms with Crippen LogP contribution in [0.3, 0.4) is 0 Å². The Morgan fingerprint density at radius 3 is 3.00 bits per heavy atom. The summed E-state index contributed by atoms with van der Waals surface area (Å²) in [5.74, 6) is -0.161. The van der Waals surface area contributed by atoms with Gasteiger partial charge in [0.15, 0.2) is 0 Å². The lowest BCUT2D eigenvalue weighted by Gasteiger charge is -2.25. The molecule has 7 heteroatoms. The molecule has 1 aromatic heterocycles. The van der Waals surface area contributed by atoms with Gasteiger partial charge in [0.1, 0.15) is 13.2 Å². The van der Waals surface area contributed by atoms with Gasteiger partial charge in [-0.05, 0) is 50.3 Å². The number of rotatable bonds is 4. The zero-order valence-electron chi connectivity index (χ0n) is 15.7. The number of aryl methyl sites for hydroxylation is 1. The van der Waals surface area contributed by atoms with Crippen LogP contribution in [0.25, 0.3) is 5.69 Å². The number of hydrogen-bond donors (Lipinski definition) is 1. The van der Waals surface area contributed by atoms with Crippen LogP contribution < -0.4 is 5.32 Å². The molecular formula is C20H24N4O3. The Labute approximate surface area is 158 Å². The molecule has 2 aromatic rings. The van der Waals surface area contributed by atoms with Gasteiger partial charge in [-0.2, -0.15) is 5.10 Å². The molecule has 2 amide bonds. The van der Waals surface area contributed by atoms with Crippen LogP contribution in [0.1, 0.15) is 41.3 Å². The maximum atomic E-state index is 12.4. The summed E-state index contributed by atoms with van der Waals surface area (Å²) in [5.41, 5.74) is 5.75. The van der Waals surface area contributed by atoms with Crippen molar-refractivity contribution in [1.29, 1.82) is 0 Å². The number of nitrogens with one attached hydrogen (secondary N) is 1. The predicted octanol–water partition coefficient (Wildman–Crippen LogP) is 2.43. The Morgan fingerprint density at radius 1 is 1.37 bits per heavy atom. The normalized spacial score (nSPS) is 19.0. The molecule has 0 spiro atoms. The fraction of sp³-hybridized carbons (Fsp3) is 0.450. The third-order valence-corrected chi connectivity index (χ3v) is 5.50. The van der Waals surface area contributed by atoms with Crippen LogP contribution >= 0.6 is 0 Å². The molecule has 7 nitrogen and oxygen atoms in total. The second kappa shape index (κ2) is 7.06. The predicted molar refractivity (Wildman–Crippen MR) is 99.8 cm³/mol. The van der Waals surface area contributed by atoms with Crippen LogP contribution in [-0.2, 0) is 16.0 Å². The first-order chi connectivity index (χ1) is 13.0. The smallest absolute Gasteiger partial charge is 0.410 e. The second-order valence-electron chi connectivity index (χ2n) is 7.23. The van der Waals surface area contributed by atoms with E-state index in [9.17, 15) is 9.59 Å².